The minimum atomic E-state index is -1.55. The van der Waals surface area contributed by atoms with Crippen LogP contribution in [0.15, 0.2) is 54.9 Å². The monoisotopic (exact) mass is 518 g/mol. The van der Waals surface area contributed by atoms with E-state index in [-0.39, 0.29) is 39.2 Å². The van der Waals surface area contributed by atoms with Crippen molar-refractivity contribution in [1.29, 1.82) is 0 Å². The summed E-state index contributed by atoms with van der Waals surface area (Å²) in [5.41, 5.74) is 1.73. The molecule has 10 heteroatoms. The van der Waals surface area contributed by atoms with Crippen molar-refractivity contribution in [2.75, 3.05) is 6.54 Å². The van der Waals surface area contributed by atoms with Gasteiger partial charge >= 0.3 is 0 Å². The Morgan fingerprint density at radius 3 is 2.74 bits per heavy atom. The topological polar surface area (TPSA) is 68.5 Å². The molecule has 2 heterocycles. The van der Waals surface area contributed by atoms with Gasteiger partial charge in [-0.05, 0) is 48.6 Å². The number of carbonyl (C=O) groups is 1. The van der Waals surface area contributed by atoms with Crippen LogP contribution >= 0.6 is 34.8 Å². The number of amides is 1. The van der Waals surface area contributed by atoms with E-state index in [0.717, 1.165) is 12.8 Å². The number of fused-ring (bicyclic) bond motifs is 1. The molecule has 2 aromatic carbocycles. The Labute approximate surface area is 209 Å². The van der Waals surface area contributed by atoms with Gasteiger partial charge in [0.05, 0.1) is 18.9 Å². The van der Waals surface area contributed by atoms with Crippen LogP contribution < -0.4 is 10.1 Å². The number of nitrogens with one attached hydrogen (secondary N) is 1. The van der Waals surface area contributed by atoms with Crippen molar-refractivity contribution < 1.29 is 13.9 Å². The Morgan fingerprint density at radius 1 is 1.15 bits per heavy atom. The molecule has 0 spiro atoms. The number of rotatable bonds is 7. The summed E-state index contributed by atoms with van der Waals surface area (Å²) in [6.45, 7) is -0.324. The maximum atomic E-state index is 14.9. The molecule has 1 aliphatic carbocycles. The number of nitrogens with zero attached hydrogens (tertiary/aromatic N) is 3. The fourth-order valence-electron chi connectivity index (χ4n) is 3.68. The highest BCUT2D eigenvalue weighted by Crippen LogP contribution is 2.41. The Bertz CT molecular complexity index is 1390. The second kappa shape index (κ2) is 9.41. The van der Waals surface area contributed by atoms with Crippen LogP contribution in [0.1, 0.15) is 46.5 Å². The summed E-state index contributed by atoms with van der Waals surface area (Å²) in [5.74, 6) is 0.665. The normalized spacial score (nSPS) is 14.2. The highest BCUT2D eigenvalue weighted by Gasteiger charge is 2.25. The molecule has 1 N–H and O–H groups in total. The van der Waals surface area contributed by atoms with Crippen molar-refractivity contribution >= 4 is 46.4 Å². The van der Waals surface area contributed by atoms with Crippen LogP contribution in [0.2, 0.25) is 15.1 Å². The van der Waals surface area contributed by atoms with Gasteiger partial charge in [0.25, 0.3) is 5.91 Å². The number of ether oxygens (including phenoxy) is 1. The zero-order valence-electron chi connectivity index (χ0n) is 17.6. The smallest absolute Gasteiger partial charge is 0.274 e. The van der Waals surface area contributed by atoms with E-state index in [2.05, 4.69) is 21.5 Å². The second-order valence-corrected chi connectivity index (χ2v) is 9.24. The van der Waals surface area contributed by atoms with Crippen LogP contribution in [-0.2, 0) is 0 Å². The maximum Gasteiger partial charge on any atom is 0.274 e. The molecule has 2 aromatic heterocycles. The third-order valence-corrected chi connectivity index (χ3v) is 6.37. The lowest BCUT2D eigenvalue weighted by Crippen LogP contribution is -2.29. The number of hydrogen-bond donors (Lipinski definition) is 1. The van der Waals surface area contributed by atoms with Crippen LogP contribution in [0.25, 0.3) is 5.65 Å². The standard InChI is InChI=1S/C24H18Cl3FN4O2/c25-15-6-7-17(18(26)9-15)20(28)11-30-24(33)22-21(12-29-23-19(27)10-31-32(22)23)34-16-3-1-2-14(8-16)13-4-5-13/h1-3,6-10,12-13,20H,4-5,11H2,(H,30,33)/t20-/m0/s1. The lowest BCUT2D eigenvalue weighted by molar-refractivity contribution is 0.0931. The molecule has 1 saturated carbocycles. The zero-order chi connectivity index (χ0) is 23.8. The summed E-state index contributed by atoms with van der Waals surface area (Å²) >= 11 is 18.1. The first-order chi connectivity index (χ1) is 16.4. The number of aromatic nitrogens is 3. The first-order valence-electron chi connectivity index (χ1n) is 10.6. The Morgan fingerprint density at radius 2 is 1.97 bits per heavy atom. The molecule has 1 aliphatic rings. The molecule has 0 bridgehead atoms. The van der Waals surface area contributed by atoms with Crippen LogP contribution in [0.3, 0.4) is 0 Å². The highest BCUT2D eigenvalue weighted by atomic mass is 35.5. The number of benzene rings is 2. The largest absolute Gasteiger partial charge is 0.453 e. The van der Waals surface area contributed by atoms with E-state index < -0.39 is 12.1 Å². The first-order valence-corrected chi connectivity index (χ1v) is 11.7. The van der Waals surface area contributed by atoms with Crippen LogP contribution in [0, 0.1) is 0 Å². The van der Waals surface area contributed by atoms with Crippen molar-refractivity contribution in [1.82, 2.24) is 19.9 Å². The van der Waals surface area contributed by atoms with Gasteiger partial charge in [0, 0.05) is 15.6 Å². The molecule has 0 unspecified atom stereocenters. The summed E-state index contributed by atoms with van der Waals surface area (Å²) in [7, 11) is 0. The Kier molecular flexibility index (Phi) is 6.34. The molecular formula is C24H18Cl3FN4O2. The number of alkyl halides is 1. The third kappa shape index (κ3) is 4.69. The average molecular weight is 520 g/mol. The van der Waals surface area contributed by atoms with E-state index in [1.54, 1.807) is 6.07 Å². The van der Waals surface area contributed by atoms with Crippen molar-refractivity contribution in [3.05, 3.63) is 86.7 Å². The van der Waals surface area contributed by atoms with Gasteiger partial charge in [-0.25, -0.2) is 13.9 Å². The van der Waals surface area contributed by atoms with E-state index in [9.17, 15) is 9.18 Å². The van der Waals surface area contributed by atoms with E-state index in [1.807, 2.05) is 12.1 Å². The molecule has 0 saturated heterocycles. The van der Waals surface area contributed by atoms with E-state index in [1.165, 1.54) is 40.7 Å². The van der Waals surface area contributed by atoms with Crippen LogP contribution in [0.5, 0.6) is 11.5 Å². The molecule has 174 valence electrons. The summed E-state index contributed by atoms with van der Waals surface area (Å²) in [4.78, 5) is 17.5. The molecule has 1 fully saturated rings. The summed E-state index contributed by atoms with van der Waals surface area (Å²) in [6, 6.07) is 12.2. The predicted octanol–water partition coefficient (Wildman–Crippen LogP) is 6.80. The van der Waals surface area contributed by atoms with Gasteiger partial charge in [0.15, 0.2) is 17.1 Å². The molecule has 1 atom stereocenters. The van der Waals surface area contributed by atoms with E-state index in [4.69, 9.17) is 39.5 Å². The summed E-state index contributed by atoms with van der Waals surface area (Å²) in [6.07, 6.45) is 3.54. The van der Waals surface area contributed by atoms with Gasteiger partial charge in [-0.2, -0.15) is 5.10 Å². The van der Waals surface area contributed by atoms with Gasteiger partial charge in [-0.3, -0.25) is 4.79 Å². The van der Waals surface area contributed by atoms with Gasteiger partial charge in [0.1, 0.15) is 16.9 Å². The van der Waals surface area contributed by atoms with Crippen LogP contribution in [0.4, 0.5) is 4.39 Å². The van der Waals surface area contributed by atoms with Gasteiger partial charge in [-0.15, -0.1) is 0 Å². The van der Waals surface area contributed by atoms with Crippen molar-refractivity contribution in [2.45, 2.75) is 24.9 Å². The predicted molar refractivity (Wildman–Crippen MR) is 129 cm³/mol. The van der Waals surface area contributed by atoms with Crippen molar-refractivity contribution in [3.8, 4) is 11.5 Å². The zero-order valence-corrected chi connectivity index (χ0v) is 19.9. The fourth-order valence-corrected chi connectivity index (χ4v) is 4.38. The van der Waals surface area contributed by atoms with Gasteiger partial charge in [0.2, 0.25) is 0 Å². The molecule has 6 nitrogen and oxygen atoms in total. The minimum absolute atomic E-state index is 0.0446. The fraction of sp³-hybridized carbons (Fsp3) is 0.208. The van der Waals surface area contributed by atoms with Gasteiger partial charge < -0.3 is 10.1 Å². The number of hydrogen-bond acceptors (Lipinski definition) is 4. The molecule has 1 amide bonds. The molecule has 0 radical (unpaired) electrons. The average Bonchev–Trinajstić information content (AvgIpc) is 3.60. The highest BCUT2D eigenvalue weighted by molar-refractivity contribution is 6.35. The minimum Gasteiger partial charge on any atom is -0.453 e. The lowest BCUT2D eigenvalue weighted by atomic mass is 10.1. The molecule has 4 aromatic rings. The van der Waals surface area contributed by atoms with Crippen molar-refractivity contribution in [2.24, 2.45) is 0 Å². The van der Waals surface area contributed by atoms with Crippen molar-refractivity contribution in [3.63, 3.8) is 0 Å². The first kappa shape index (κ1) is 22.9. The summed E-state index contributed by atoms with van der Waals surface area (Å²) < 4.78 is 22.2. The Hall–Kier alpha value is -2.87. The summed E-state index contributed by atoms with van der Waals surface area (Å²) in [5, 5.41) is 7.59. The lowest BCUT2D eigenvalue weighted by Gasteiger charge is -2.15. The molecule has 0 aliphatic heterocycles. The number of carbonyl (C=O) groups excluding carboxylic acids is 1. The molecule has 5 rings (SSSR count). The number of halogens is 4. The molecule has 34 heavy (non-hydrogen) atoms. The van der Waals surface area contributed by atoms with E-state index in [0.29, 0.717) is 16.7 Å². The Balaban J connectivity index is 1.42. The molecular weight excluding hydrogens is 502 g/mol. The SMILES string of the molecule is O=C(NC[C@H](F)c1ccc(Cl)cc1Cl)c1c(Oc2cccc(C3CC3)c2)cnc2c(Cl)cnn12. The van der Waals surface area contributed by atoms with Gasteiger partial charge in [-0.1, -0.05) is 53.0 Å². The maximum absolute atomic E-state index is 14.9. The second-order valence-electron chi connectivity index (χ2n) is 7.99. The van der Waals surface area contributed by atoms with E-state index >= 15 is 0 Å². The van der Waals surface area contributed by atoms with Crippen LogP contribution in [-0.4, -0.2) is 27.0 Å². The quantitative estimate of drug-likeness (QED) is 0.291. The third-order valence-electron chi connectivity index (χ3n) is 5.54.